The minimum Gasteiger partial charge on any atom is -0.384 e. The van der Waals surface area contributed by atoms with Gasteiger partial charge in [0.2, 0.25) is 0 Å². The molecule has 0 aliphatic heterocycles. The smallest absolute Gasteiger partial charge is 0.125 e. The summed E-state index contributed by atoms with van der Waals surface area (Å²) in [5.41, 5.74) is 9.31. The number of aromatic nitrogens is 2. The Morgan fingerprint density at radius 3 is 2.32 bits per heavy atom. The molecule has 0 aliphatic carbocycles. The molecule has 1 heterocycles. The van der Waals surface area contributed by atoms with Crippen molar-refractivity contribution in [3.63, 3.8) is 0 Å². The first-order valence-electron chi connectivity index (χ1n) is 6.16. The summed E-state index contributed by atoms with van der Waals surface area (Å²) >= 11 is 7.03. The number of rotatable bonds is 3. The van der Waals surface area contributed by atoms with Crippen molar-refractivity contribution in [2.75, 3.05) is 5.73 Å². The molecule has 1 aromatic heterocycles. The van der Waals surface area contributed by atoms with E-state index in [9.17, 15) is 0 Å². The molecular formula is C14H17Br2N3. The number of anilines is 1. The topological polar surface area (TPSA) is 43.8 Å². The highest BCUT2D eigenvalue weighted by molar-refractivity contribution is 9.11. The molecule has 0 atom stereocenters. The van der Waals surface area contributed by atoms with E-state index < -0.39 is 0 Å². The van der Waals surface area contributed by atoms with E-state index in [4.69, 9.17) is 5.73 Å². The zero-order valence-corrected chi connectivity index (χ0v) is 14.4. The molecule has 0 spiro atoms. The third kappa shape index (κ3) is 3.20. The summed E-state index contributed by atoms with van der Waals surface area (Å²) in [5.74, 6) is 1.29. The molecule has 2 aromatic rings. The predicted octanol–water partition coefficient (Wildman–Crippen LogP) is 4.39. The number of aryl methyl sites for hydroxylation is 1. The van der Waals surface area contributed by atoms with Crippen LogP contribution in [0, 0.1) is 5.92 Å². The molecule has 0 bridgehead atoms. The number of nitrogens with two attached hydrogens (primary N) is 1. The molecule has 2 N–H and O–H groups in total. The van der Waals surface area contributed by atoms with Gasteiger partial charge < -0.3 is 5.73 Å². The molecule has 0 saturated carbocycles. The Balaban J connectivity index is 2.57. The number of nitrogen functional groups attached to an aromatic ring is 1. The van der Waals surface area contributed by atoms with Crippen molar-refractivity contribution >= 4 is 37.7 Å². The van der Waals surface area contributed by atoms with E-state index in [0.717, 1.165) is 38.0 Å². The zero-order chi connectivity index (χ0) is 14.2. The summed E-state index contributed by atoms with van der Waals surface area (Å²) in [6, 6.07) is 6.14. The second kappa shape index (κ2) is 5.67. The number of hydrogen-bond acceptors (Lipinski definition) is 2. The van der Waals surface area contributed by atoms with Gasteiger partial charge in [0, 0.05) is 27.1 Å². The largest absolute Gasteiger partial charge is 0.384 e. The monoisotopic (exact) mass is 385 g/mol. The average molecular weight is 387 g/mol. The lowest BCUT2D eigenvalue weighted by molar-refractivity contribution is 0.648. The first-order chi connectivity index (χ1) is 8.88. The van der Waals surface area contributed by atoms with Crippen LogP contribution >= 0.6 is 31.9 Å². The summed E-state index contributed by atoms with van der Waals surface area (Å²) in [5, 5.41) is 4.57. The van der Waals surface area contributed by atoms with Crippen molar-refractivity contribution in [2.45, 2.75) is 20.3 Å². The number of halogens is 2. The fourth-order valence-corrected chi connectivity index (χ4v) is 3.41. The highest BCUT2D eigenvalue weighted by atomic mass is 79.9. The second-order valence-corrected chi connectivity index (χ2v) is 6.92. The molecule has 0 amide bonds. The summed E-state index contributed by atoms with van der Waals surface area (Å²) in [7, 11) is 1.88. The summed E-state index contributed by atoms with van der Waals surface area (Å²) < 4.78 is 3.80. The molecule has 3 nitrogen and oxygen atoms in total. The van der Waals surface area contributed by atoms with E-state index in [1.54, 1.807) is 4.68 Å². The van der Waals surface area contributed by atoms with Crippen LogP contribution in [-0.2, 0) is 13.5 Å². The van der Waals surface area contributed by atoms with Crippen molar-refractivity contribution in [1.29, 1.82) is 0 Å². The maximum atomic E-state index is 6.14. The van der Waals surface area contributed by atoms with Gasteiger partial charge in [-0.1, -0.05) is 45.7 Å². The molecule has 19 heavy (non-hydrogen) atoms. The van der Waals surface area contributed by atoms with Gasteiger partial charge in [-0.15, -0.1) is 0 Å². The molecule has 0 fully saturated rings. The lowest BCUT2D eigenvalue weighted by Crippen LogP contribution is -2.02. The average Bonchev–Trinajstić information content (AvgIpc) is 2.55. The van der Waals surface area contributed by atoms with Gasteiger partial charge in [0.05, 0.1) is 5.69 Å². The minimum atomic E-state index is 0.542. The van der Waals surface area contributed by atoms with Gasteiger partial charge >= 0.3 is 0 Å². The van der Waals surface area contributed by atoms with Gasteiger partial charge in [0.15, 0.2) is 0 Å². The van der Waals surface area contributed by atoms with Gasteiger partial charge in [0.25, 0.3) is 0 Å². The van der Waals surface area contributed by atoms with Crippen molar-refractivity contribution in [1.82, 2.24) is 9.78 Å². The standard InChI is InChI=1S/C14H17Br2N3/c1-8(2)4-12-13(18-19(3)14(12)17)9-5-10(15)7-11(16)6-9/h5-8H,4,17H2,1-3H3. The maximum Gasteiger partial charge on any atom is 0.125 e. The van der Waals surface area contributed by atoms with Crippen molar-refractivity contribution in [3.05, 3.63) is 32.7 Å². The van der Waals surface area contributed by atoms with Crippen LogP contribution in [0.5, 0.6) is 0 Å². The normalized spacial score (nSPS) is 11.3. The van der Waals surface area contributed by atoms with Gasteiger partial charge in [-0.3, -0.25) is 4.68 Å². The molecular weight excluding hydrogens is 370 g/mol. The molecule has 102 valence electrons. The molecule has 0 radical (unpaired) electrons. The van der Waals surface area contributed by atoms with E-state index in [2.05, 4.69) is 62.9 Å². The first-order valence-corrected chi connectivity index (χ1v) is 7.75. The zero-order valence-electron chi connectivity index (χ0n) is 11.2. The quantitative estimate of drug-likeness (QED) is 0.849. The van der Waals surface area contributed by atoms with Crippen LogP contribution in [0.1, 0.15) is 19.4 Å². The van der Waals surface area contributed by atoms with Crippen LogP contribution < -0.4 is 5.73 Å². The minimum absolute atomic E-state index is 0.542. The molecule has 2 rings (SSSR count). The Hall–Kier alpha value is -0.810. The Kier molecular flexibility index (Phi) is 4.36. The lowest BCUT2D eigenvalue weighted by Gasteiger charge is -2.07. The third-order valence-electron chi connectivity index (χ3n) is 2.94. The highest BCUT2D eigenvalue weighted by Crippen LogP contribution is 2.32. The summed E-state index contributed by atoms with van der Waals surface area (Å²) in [4.78, 5) is 0. The van der Waals surface area contributed by atoms with Crippen LogP contribution in [0.15, 0.2) is 27.1 Å². The fraction of sp³-hybridized carbons (Fsp3) is 0.357. The van der Waals surface area contributed by atoms with Crippen molar-refractivity contribution in [3.8, 4) is 11.3 Å². The van der Waals surface area contributed by atoms with Crippen molar-refractivity contribution in [2.24, 2.45) is 13.0 Å². The molecule has 0 aliphatic rings. The first kappa shape index (κ1) is 14.6. The van der Waals surface area contributed by atoms with E-state index in [1.807, 2.05) is 13.1 Å². The summed E-state index contributed by atoms with van der Waals surface area (Å²) in [6.07, 6.45) is 0.930. The van der Waals surface area contributed by atoms with E-state index in [1.165, 1.54) is 0 Å². The SMILES string of the molecule is CC(C)Cc1c(-c2cc(Br)cc(Br)c2)nn(C)c1N. The van der Waals surface area contributed by atoms with Gasteiger partial charge in [-0.2, -0.15) is 5.10 Å². The van der Waals surface area contributed by atoms with Crippen LogP contribution in [-0.4, -0.2) is 9.78 Å². The number of hydrogen-bond donors (Lipinski definition) is 1. The molecule has 5 heteroatoms. The Morgan fingerprint density at radius 2 is 1.79 bits per heavy atom. The Labute approximate surface area is 130 Å². The number of benzene rings is 1. The van der Waals surface area contributed by atoms with Crippen LogP contribution in [0.4, 0.5) is 5.82 Å². The Morgan fingerprint density at radius 1 is 1.21 bits per heavy atom. The van der Waals surface area contributed by atoms with Crippen LogP contribution in [0.3, 0.4) is 0 Å². The van der Waals surface area contributed by atoms with Crippen LogP contribution in [0.2, 0.25) is 0 Å². The lowest BCUT2D eigenvalue weighted by atomic mass is 9.99. The van der Waals surface area contributed by atoms with E-state index in [-0.39, 0.29) is 0 Å². The second-order valence-electron chi connectivity index (χ2n) is 5.09. The van der Waals surface area contributed by atoms with E-state index in [0.29, 0.717) is 5.92 Å². The third-order valence-corrected chi connectivity index (χ3v) is 3.86. The number of nitrogens with zero attached hydrogens (tertiary/aromatic N) is 2. The molecule has 0 saturated heterocycles. The molecule has 1 aromatic carbocycles. The van der Waals surface area contributed by atoms with Gasteiger partial charge in [0.1, 0.15) is 5.82 Å². The fourth-order valence-electron chi connectivity index (χ4n) is 2.11. The van der Waals surface area contributed by atoms with Gasteiger partial charge in [-0.25, -0.2) is 0 Å². The predicted molar refractivity (Wildman–Crippen MR) is 87.0 cm³/mol. The van der Waals surface area contributed by atoms with E-state index >= 15 is 0 Å². The maximum absolute atomic E-state index is 6.14. The van der Waals surface area contributed by atoms with Gasteiger partial charge in [-0.05, 0) is 30.5 Å². The summed E-state index contributed by atoms with van der Waals surface area (Å²) in [6.45, 7) is 4.38. The molecule has 0 unspecified atom stereocenters. The highest BCUT2D eigenvalue weighted by Gasteiger charge is 2.17. The Bertz CT molecular complexity index is 583. The van der Waals surface area contributed by atoms with Crippen LogP contribution in [0.25, 0.3) is 11.3 Å². The van der Waals surface area contributed by atoms with Crippen molar-refractivity contribution < 1.29 is 0 Å².